The predicted octanol–water partition coefficient (Wildman–Crippen LogP) is 5.25. The van der Waals surface area contributed by atoms with E-state index in [0.717, 1.165) is 17.7 Å². The summed E-state index contributed by atoms with van der Waals surface area (Å²) in [5.41, 5.74) is 1.39. The largest absolute Gasteiger partial charge is 0.310 e. The first-order valence-corrected chi connectivity index (χ1v) is 9.04. The normalized spacial score (nSPS) is 23.2. The fourth-order valence-corrected chi connectivity index (χ4v) is 4.04. The van der Waals surface area contributed by atoms with Gasteiger partial charge in [0.2, 0.25) is 0 Å². The second-order valence-corrected chi connectivity index (χ2v) is 7.72. The maximum absolute atomic E-state index is 3.47. The van der Waals surface area contributed by atoms with Gasteiger partial charge in [-0.1, -0.05) is 39.3 Å². The van der Waals surface area contributed by atoms with Crippen LogP contribution in [0.25, 0.3) is 0 Å². The molecule has 0 saturated heterocycles. The molecule has 0 atom stereocenters. The summed E-state index contributed by atoms with van der Waals surface area (Å²) in [5.74, 6) is 0.997. The lowest BCUT2D eigenvalue weighted by Gasteiger charge is -2.27. The molecule has 0 amide bonds. The van der Waals surface area contributed by atoms with Crippen LogP contribution in [-0.4, -0.2) is 11.3 Å². The van der Waals surface area contributed by atoms with E-state index in [9.17, 15) is 0 Å². The molecule has 0 radical (unpaired) electrons. The highest BCUT2D eigenvalue weighted by atomic mass is 32.2. The molecule has 1 N–H and O–H groups in total. The van der Waals surface area contributed by atoms with Crippen molar-refractivity contribution in [3.8, 4) is 0 Å². The third kappa shape index (κ3) is 5.14. The smallest absolute Gasteiger partial charge is 0.0207 e. The molecule has 1 fully saturated rings. The molecule has 1 saturated carbocycles. The van der Waals surface area contributed by atoms with Crippen LogP contribution in [-0.2, 0) is 6.54 Å². The van der Waals surface area contributed by atoms with E-state index in [-0.39, 0.29) is 0 Å². The van der Waals surface area contributed by atoms with E-state index in [1.807, 2.05) is 0 Å². The van der Waals surface area contributed by atoms with E-state index in [2.05, 4.69) is 62.1 Å². The molecule has 112 valence electrons. The van der Waals surface area contributed by atoms with Gasteiger partial charge in [-0.05, 0) is 49.3 Å². The number of hydrogen-bond donors (Lipinski definition) is 1. The van der Waals surface area contributed by atoms with Crippen LogP contribution >= 0.6 is 11.8 Å². The Kier molecular flexibility index (Phi) is 6.44. The molecule has 2 heteroatoms. The first kappa shape index (κ1) is 15.9. The summed E-state index contributed by atoms with van der Waals surface area (Å²) in [6.45, 7) is 7.69. The lowest BCUT2D eigenvalue weighted by atomic mass is 9.87. The maximum atomic E-state index is 3.47. The van der Waals surface area contributed by atoms with Crippen LogP contribution < -0.4 is 5.32 Å². The van der Waals surface area contributed by atoms with Crippen LogP contribution in [0.1, 0.15) is 58.4 Å². The SMILES string of the molecule is CCC1CCC(Sc2ccc(CNC(C)C)cc2)CC1. The van der Waals surface area contributed by atoms with Crippen LogP contribution in [0, 0.1) is 5.92 Å². The average Bonchev–Trinajstić information content (AvgIpc) is 2.47. The van der Waals surface area contributed by atoms with Crippen LogP contribution in [0.4, 0.5) is 0 Å². The zero-order valence-electron chi connectivity index (χ0n) is 13.2. The van der Waals surface area contributed by atoms with Gasteiger partial charge in [-0.3, -0.25) is 0 Å². The second kappa shape index (κ2) is 8.09. The van der Waals surface area contributed by atoms with Gasteiger partial charge in [0.15, 0.2) is 0 Å². The Morgan fingerprint density at radius 3 is 2.30 bits per heavy atom. The Hall–Kier alpha value is -0.470. The minimum absolute atomic E-state index is 0.554. The monoisotopic (exact) mass is 291 g/mol. The standard InChI is InChI=1S/C18H29NS/c1-4-15-5-9-17(10-6-15)20-18-11-7-16(8-12-18)13-19-14(2)3/h7-8,11-12,14-15,17,19H,4-6,9-10,13H2,1-3H3. The number of hydrogen-bond acceptors (Lipinski definition) is 2. The summed E-state index contributed by atoms with van der Waals surface area (Å²) in [6.07, 6.45) is 7.05. The van der Waals surface area contributed by atoms with Crippen LogP contribution in [0.15, 0.2) is 29.2 Å². The molecule has 0 heterocycles. The summed E-state index contributed by atoms with van der Waals surface area (Å²) < 4.78 is 0. The lowest BCUT2D eigenvalue weighted by Crippen LogP contribution is -2.21. The van der Waals surface area contributed by atoms with E-state index in [1.165, 1.54) is 42.6 Å². The molecule has 1 aliphatic rings. The molecule has 0 aromatic heterocycles. The fourth-order valence-electron chi connectivity index (χ4n) is 2.86. The molecule has 20 heavy (non-hydrogen) atoms. The minimum atomic E-state index is 0.554. The third-order valence-corrected chi connectivity index (χ3v) is 5.66. The van der Waals surface area contributed by atoms with E-state index in [4.69, 9.17) is 0 Å². The van der Waals surface area contributed by atoms with E-state index in [1.54, 1.807) is 0 Å². The van der Waals surface area contributed by atoms with Crippen molar-refractivity contribution < 1.29 is 0 Å². The van der Waals surface area contributed by atoms with Gasteiger partial charge in [0.05, 0.1) is 0 Å². The number of thioether (sulfide) groups is 1. The molecular weight excluding hydrogens is 262 g/mol. The van der Waals surface area contributed by atoms with Crippen LogP contribution in [0.3, 0.4) is 0 Å². The zero-order valence-corrected chi connectivity index (χ0v) is 14.0. The van der Waals surface area contributed by atoms with Gasteiger partial charge in [-0.25, -0.2) is 0 Å². The minimum Gasteiger partial charge on any atom is -0.310 e. The summed E-state index contributed by atoms with van der Waals surface area (Å²) in [5, 5.41) is 4.31. The van der Waals surface area contributed by atoms with Gasteiger partial charge in [-0.15, -0.1) is 11.8 Å². The molecule has 0 bridgehead atoms. The van der Waals surface area contributed by atoms with Gasteiger partial charge >= 0.3 is 0 Å². The predicted molar refractivity (Wildman–Crippen MR) is 90.3 cm³/mol. The molecule has 0 aliphatic heterocycles. The quantitative estimate of drug-likeness (QED) is 0.768. The summed E-state index contributed by atoms with van der Waals surface area (Å²) in [4.78, 5) is 1.44. The van der Waals surface area contributed by atoms with Gasteiger partial charge in [-0.2, -0.15) is 0 Å². The molecule has 1 aliphatic carbocycles. The molecule has 2 rings (SSSR count). The van der Waals surface area contributed by atoms with E-state index >= 15 is 0 Å². The van der Waals surface area contributed by atoms with Gasteiger partial charge < -0.3 is 5.32 Å². The Labute approximate surface area is 128 Å². The van der Waals surface area contributed by atoms with Crippen molar-refractivity contribution in [2.24, 2.45) is 5.92 Å². The van der Waals surface area contributed by atoms with Crippen molar-refractivity contribution >= 4 is 11.8 Å². The Balaban J connectivity index is 1.79. The summed E-state index contributed by atoms with van der Waals surface area (Å²) in [7, 11) is 0. The maximum Gasteiger partial charge on any atom is 0.0207 e. The molecule has 1 aromatic carbocycles. The van der Waals surface area contributed by atoms with Gasteiger partial charge in [0.1, 0.15) is 0 Å². The molecular formula is C18H29NS. The average molecular weight is 292 g/mol. The third-order valence-electron chi connectivity index (χ3n) is 4.31. The topological polar surface area (TPSA) is 12.0 Å². The van der Waals surface area contributed by atoms with Crippen molar-refractivity contribution in [3.05, 3.63) is 29.8 Å². The second-order valence-electron chi connectivity index (χ2n) is 6.35. The van der Waals surface area contributed by atoms with E-state index in [0.29, 0.717) is 6.04 Å². The Bertz CT molecular complexity index is 377. The van der Waals surface area contributed by atoms with Gasteiger partial charge in [0, 0.05) is 22.7 Å². The van der Waals surface area contributed by atoms with Crippen molar-refractivity contribution in [2.45, 2.75) is 75.6 Å². The summed E-state index contributed by atoms with van der Waals surface area (Å²) in [6, 6.07) is 9.70. The van der Waals surface area contributed by atoms with Crippen molar-refractivity contribution in [3.63, 3.8) is 0 Å². The van der Waals surface area contributed by atoms with Crippen molar-refractivity contribution in [2.75, 3.05) is 0 Å². The van der Waals surface area contributed by atoms with Crippen molar-refractivity contribution in [1.82, 2.24) is 5.32 Å². The molecule has 1 aromatic rings. The molecule has 0 spiro atoms. The number of benzene rings is 1. The lowest BCUT2D eigenvalue weighted by molar-refractivity contribution is 0.356. The number of rotatable bonds is 6. The fraction of sp³-hybridized carbons (Fsp3) is 0.667. The zero-order chi connectivity index (χ0) is 14.4. The van der Waals surface area contributed by atoms with Crippen LogP contribution in [0.5, 0.6) is 0 Å². The van der Waals surface area contributed by atoms with Crippen molar-refractivity contribution in [1.29, 1.82) is 0 Å². The summed E-state index contributed by atoms with van der Waals surface area (Å²) >= 11 is 2.09. The first-order chi connectivity index (χ1) is 9.67. The van der Waals surface area contributed by atoms with Crippen LogP contribution in [0.2, 0.25) is 0 Å². The molecule has 0 unspecified atom stereocenters. The van der Waals surface area contributed by atoms with Gasteiger partial charge in [0.25, 0.3) is 0 Å². The first-order valence-electron chi connectivity index (χ1n) is 8.16. The Morgan fingerprint density at radius 2 is 1.75 bits per heavy atom. The highest BCUT2D eigenvalue weighted by Crippen LogP contribution is 2.36. The highest BCUT2D eigenvalue weighted by molar-refractivity contribution is 8.00. The Morgan fingerprint density at radius 1 is 1.10 bits per heavy atom. The van der Waals surface area contributed by atoms with E-state index < -0.39 is 0 Å². The highest BCUT2D eigenvalue weighted by Gasteiger charge is 2.20. The number of nitrogens with one attached hydrogen (secondary N) is 1. The molecule has 1 nitrogen and oxygen atoms in total.